The average molecular weight is 250 g/mol. The first kappa shape index (κ1) is 13.3. The van der Waals surface area contributed by atoms with Crippen LogP contribution in [0.15, 0.2) is 54.6 Å². The summed E-state index contributed by atoms with van der Waals surface area (Å²) in [6.45, 7) is 1.40. The van der Waals surface area contributed by atoms with Gasteiger partial charge in [0.25, 0.3) is 0 Å². The van der Waals surface area contributed by atoms with Crippen LogP contribution in [-0.2, 0) is 6.42 Å². The van der Waals surface area contributed by atoms with Crippen molar-refractivity contribution >= 4 is 0 Å². The molecule has 2 aromatic carbocycles. The molecular weight excluding hydrogens is 232 g/mol. The Morgan fingerprint density at radius 3 is 2.21 bits per heavy atom. The van der Waals surface area contributed by atoms with Gasteiger partial charge < -0.3 is 0 Å². The van der Waals surface area contributed by atoms with Gasteiger partial charge in [0.2, 0.25) is 0 Å². The van der Waals surface area contributed by atoms with Crippen LogP contribution in [0.25, 0.3) is 11.1 Å². The first-order valence-corrected chi connectivity index (χ1v) is 6.49. The molecule has 0 spiro atoms. The Labute approximate surface area is 114 Å². The smallest absolute Gasteiger partial charge is 0.0863 e. The molecule has 0 aliphatic heterocycles. The van der Waals surface area contributed by atoms with Gasteiger partial charge in [-0.3, -0.25) is 4.90 Å². The molecule has 0 saturated carbocycles. The molecule has 0 radical (unpaired) electrons. The maximum atomic E-state index is 8.60. The van der Waals surface area contributed by atoms with Gasteiger partial charge in [0.1, 0.15) is 0 Å². The molecule has 2 rings (SSSR count). The molecule has 2 aromatic rings. The topological polar surface area (TPSA) is 27.0 Å². The predicted molar refractivity (Wildman–Crippen MR) is 78.7 cm³/mol. The number of rotatable bonds is 5. The lowest BCUT2D eigenvalue weighted by atomic mass is 10.0. The van der Waals surface area contributed by atoms with E-state index in [1.807, 2.05) is 18.0 Å². The molecular formula is C17H18N2. The first-order valence-electron chi connectivity index (χ1n) is 6.49. The second kappa shape index (κ2) is 6.72. The third-order valence-corrected chi connectivity index (χ3v) is 3.18. The van der Waals surface area contributed by atoms with Crippen molar-refractivity contribution in [2.75, 3.05) is 20.1 Å². The lowest BCUT2D eigenvalue weighted by Gasteiger charge is -2.12. The van der Waals surface area contributed by atoms with Crippen LogP contribution >= 0.6 is 0 Å². The van der Waals surface area contributed by atoms with Crippen LogP contribution in [0.5, 0.6) is 0 Å². The standard InChI is InChI=1S/C17H18N2/c1-19(14-12-18)13-11-15-7-9-17(10-8-15)16-5-3-2-4-6-16/h2-10H,11,13-14H2,1H3. The minimum atomic E-state index is 0.488. The minimum absolute atomic E-state index is 0.488. The van der Waals surface area contributed by atoms with Gasteiger partial charge in [0.05, 0.1) is 12.6 Å². The highest BCUT2D eigenvalue weighted by Crippen LogP contribution is 2.19. The van der Waals surface area contributed by atoms with Gasteiger partial charge in [-0.15, -0.1) is 0 Å². The van der Waals surface area contributed by atoms with E-state index in [2.05, 4.69) is 54.6 Å². The molecule has 19 heavy (non-hydrogen) atoms. The highest BCUT2D eigenvalue weighted by Gasteiger charge is 2.00. The highest BCUT2D eigenvalue weighted by molar-refractivity contribution is 5.63. The van der Waals surface area contributed by atoms with Gasteiger partial charge in [0, 0.05) is 6.54 Å². The summed E-state index contributed by atoms with van der Waals surface area (Å²) in [7, 11) is 1.97. The Morgan fingerprint density at radius 2 is 1.58 bits per heavy atom. The summed E-state index contributed by atoms with van der Waals surface area (Å²) in [5, 5.41) is 8.60. The molecule has 0 fully saturated rings. The second-order valence-corrected chi connectivity index (χ2v) is 4.71. The third-order valence-electron chi connectivity index (χ3n) is 3.18. The van der Waals surface area contributed by atoms with Crippen molar-refractivity contribution in [2.24, 2.45) is 0 Å². The summed E-state index contributed by atoms with van der Waals surface area (Å²) < 4.78 is 0. The van der Waals surface area contributed by atoms with Crippen LogP contribution in [-0.4, -0.2) is 25.0 Å². The molecule has 0 N–H and O–H groups in total. The van der Waals surface area contributed by atoms with E-state index in [1.165, 1.54) is 16.7 Å². The maximum absolute atomic E-state index is 8.60. The molecule has 0 aliphatic carbocycles. The van der Waals surface area contributed by atoms with E-state index in [0.717, 1.165) is 13.0 Å². The fourth-order valence-electron chi connectivity index (χ4n) is 2.01. The van der Waals surface area contributed by atoms with Crippen molar-refractivity contribution < 1.29 is 0 Å². The van der Waals surface area contributed by atoms with Crippen LogP contribution in [0.2, 0.25) is 0 Å². The Morgan fingerprint density at radius 1 is 0.947 bits per heavy atom. The second-order valence-electron chi connectivity index (χ2n) is 4.71. The summed E-state index contributed by atoms with van der Waals surface area (Å²) in [6, 6.07) is 21.2. The van der Waals surface area contributed by atoms with Crippen LogP contribution in [0.3, 0.4) is 0 Å². The highest BCUT2D eigenvalue weighted by atomic mass is 15.1. The number of nitrogens with zero attached hydrogens (tertiary/aromatic N) is 2. The monoisotopic (exact) mass is 250 g/mol. The lowest BCUT2D eigenvalue weighted by molar-refractivity contribution is 0.379. The van der Waals surface area contributed by atoms with Gasteiger partial charge in [-0.2, -0.15) is 5.26 Å². The summed E-state index contributed by atoms with van der Waals surface area (Å²) in [5.74, 6) is 0. The summed E-state index contributed by atoms with van der Waals surface area (Å²) >= 11 is 0. The molecule has 2 nitrogen and oxygen atoms in total. The van der Waals surface area contributed by atoms with Gasteiger partial charge >= 0.3 is 0 Å². The molecule has 0 amide bonds. The molecule has 0 saturated heterocycles. The van der Waals surface area contributed by atoms with Crippen LogP contribution < -0.4 is 0 Å². The first-order chi connectivity index (χ1) is 9.29. The number of hydrogen-bond donors (Lipinski definition) is 0. The Bertz CT molecular complexity index is 538. The fraction of sp³-hybridized carbons (Fsp3) is 0.235. The van der Waals surface area contributed by atoms with Crippen molar-refractivity contribution in [2.45, 2.75) is 6.42 Å². The normalized spacial score (nSPS) is 10.4. The molecule has 2 heteroatoms. The summed E-state index contributed by atoms with van der Waals surface area (Å²) in [6.07, 6.45) is 0.979. The van der Waals surface area contributed by atoms with Crippen LogP contribution in [0.1, 0.15) is 5.56 Å². The van der Waals surface area contributed by atoms with Gasteiger partial charge in [-0.1, -0.05) is 54.6 Å². The van der Waals surface area contributed by atoms with E-state index in [9.17, 15) is 0 Å². The summed E-state index contributed by atoms with van der Waals surface area (Å²) in [4.78, 5) is 2.03. The number of likely N-dealkylation sites (N-methyl/N-ethyl adjacent to an activating group) is 1. The zero-order valence-electron chi connectivity index (χ0n) is 11.2. The number of nitriles is 1. The number of benzene rings is 2. The molecule has 0 atom stereocenters. The largest absolute Gasteiger partial charge is 0.293 e. The van der Waals surface area contributed by atoms with Crippen LogP contribution in [0, 0.1) is 11.3 Å². The Hall–Kier alpha value is -2.11. The van der Waals surface area contributed by atoms with Crippen molar-refractivity contribution in [3.63, 3.8) is 0 Å². The molecule has 0 unspecified atom stereocenters. The van der Waals surface area contributed by atoms with Crippen molar-refractivity contribution in [3.05, 3.63) is 60.2 Å². The minimum Gasteiger partial charge on any atom is -0.293 e. The van der Waals surface area contributed by atoms with Gasteiger partial charge in [0.15, 0.2) is 0 Å². The van der Waals surface area contributed by atoms with E-state index in [-0.39, 0.29) is 0 Å². The zero-order chi connectivity index (χ0) is 13.5. The molecule has 96 valence electrons. The fourth-order valence-corrected chi connectivity index (χ4v) is 2.01. The number of hydrogen-bond acceptors (Lipinski definition) is 2. The predicted octanol–water partition coefficient (Wildman–Crippen LogP) is 3.35. The van der Waals surface area contributed by atoms with E-state index >= 15 is 0 Å². The Kier molecular flexibility index (Phi) is 4.72. The molecule has 0 bridgehead atoms. The van der Waals surface area contributed by atoms with Crippen molar-refractivity contribution in [1.82, 2.24) is 4.90 Å². The van der Waals surface area contributed by atoms with Gasteiger partial charge in [-0.25, -0.2) is 0 Å². The van der Waals surface area contributed by atoms with Crippen LogP contribution in [0.4, 0.5) is 0 Å². The zero-order valence-corrected chi connectivity index (χ0v) is 11.2. The van der Waals surface area contributed by atoms with E-state index in [4.69, 9.17) is 5.26 Å². The Balaban J connectivity index is 1.98. The van der Waals surface area contributed by atoms with E-state index < -0.39 is 0 Å². The molecule has 0 aromatic heterocycles. The quantitative estimate of drug-likeness (QED) is 0.761. The average Bonchev–Trinajstić information content (AvgIpc) is 2.47. The molecule has 0 heterocycles. The molecule has 0 aliphatic rings. The van der Waals surface area contributed by atoms with Gasteiger partial charge in [-0.05, 0) is 30.2 Å². The maximum Gasteiger partial charge on any atom is 0.0863 e. The SMILES string of the molecule is CN(CC#N)CCc1ccc(-c2ccccc2)cc1. The van der Waals surface area contributed by atoms with E-state index in [0.29, 0.717) is 6.54 Å². The summed E-state index contributed by atoms with van der Waals surface area (Å²) in [5.41, 5.74) is 3.80. The lowest BCUT2D eigenvalue weighted by Crippen LogP contribution is -2.21. The van der Waals surface area contributed by atoms with Crippen molar-refractivity contribution in [1.29, 1.82) is 5.26 Å². The third kappa shape index (κ3) is 3.94. The van der Waals surface area contributed by atoms with E-state index in [1.54, 1.807) is 0 Å². The van der Waals surface area contributed by atoms with Crippen molar-refractivity contribution in [3.8, 4) is 17.2 Å².